The molecule has 1 aromatic heterocycles. The summed E-state index contributed by atoms with van der Waals surface area (Å²) in [5.74, 6) is -3.04. The van der Waals surface area contributed by atoms with Crippen molar-refractivity contribution >= 4 is 34.7 Å². The summed E-state index contributed by atoms with van der Waals surface area (Å²) < 4.78 is 5.32. The van der Waals surface area contributed by atoms with Crippen LogP contribution in [0.3, 0.4) is 0 Å². The number of hydrogen-bond donors (Lipinski definition) is 1. The van der Waals surface area contributed by atoms with Gasteiger partial charge in [0.15, 0.2) is 23.1 Å². The summed E-state index contributed by atoms with van der Waals surface area (Å²) >= 11 is 1.49. The molecule has 3 aliphatic carbocycles. The van der Waals surface area contributed by atoms with Gasteiger partial charge in [-0.1, -0.05) is 29.8 Å². The number of ketones is 2. The number of phenolic OH excluding ortho intramolecular Hbond substituents is 1. The first-order valence-electron chi connectivity index (χ1n) is 12.3. The van der Waals surface area contributed by atoms with E-state index in [1.54, 1.807) is 25.1 Å². The quantitative estimate of drug-likeness (QED) is 0.374. The second-order valence-corrected chi connectivity index (χ2v) is 11.0. The molecule has 7 nitrogen and oxygen atoms in total. The monoisotopic (exact) mass is 515 g/mol. The third-order valence-electron chi connectivity index (χ3n) is 8.11. The van der Waals surface area contributed by atoms with Crippen LogP contribution in [0, 0.1) is 17.8 Å². The Bertz CT molecular complexity index is 1460. The molecule has 2 amide bonds. The molecule has 8 heteroatoms. The van der Waals surface area contributed by atoms with E-state index in [0.29, 0.717) is 28.7 Å². The van der Waals surface area contributed by atoms with Gasteiger partial charge in [-0.25, -0.2) is 0 Å². The van der Waals surface area contributed by atoms with Crippen LogP contribution in [0.25, 0.3) is 0 Å². The van der Waals surface area contributed by atoms with Gasteiger partial charge in [-0.05, 0) is 49.3 Å². The van der Waals surface area contributed by atoms with Crippen molar-refractivity contribution in [2.75, 3.05) is 7.11 Å². The van der Waals surface area contributed by atoms with Crippen molar-refractivity contribution < 1.29 is 29.0 Å². The molecule has 0 bridgehead atoms. The van der Waals surface area contributed by atoms with Crippen LogP contribution in [-0.4, -0.2) is 40.5 Å². The number of likely N-dealkylation sites (tertiary alicyclic amines) is 1. The Morgan fingerprint density at radius 2 is 1.89 bits per heavy atom. The zero-order valence-corrected chi connectivity index (χ0v) is 21.2. The highest BCUT2D eigenvalue weighted by Gasteiger charge is 2.56. The van der Waals surface area contributed by atoms with Gasteiger partial charge in [-0.2, -0.15) is 0 Å². The lowest BCUT2D eigenvalue weighted by Gasteiger charge is -2.42. The molecule has 1 aromatic carbocycles. The van der Waals surface area contributed by atoms with Crippen LogP contribution >= 0.6 is 11.3 Å². The Morgan fingerprint density at radius 1 is 1.08 bits per heavy atom. The van der Waals surface area contributed by atoms with Gasteiger partial charge in [0, 0.05) is 33.1 Å². The summed E-state index contributed by atoms with van der Waals surface area (Å²) in [5.41, 5.74) is 2.31. The summed E-state index contributed by atoms with van der Waals surface area (Å²) in [5, 5.41) is 13.0. The number of methoxy groups -OCH3 is 1. The van der Waals surface area contributed by atoms with Crippen LogP contribution in [0.1, 0.15) is 36.1 Å². The van der Waals surface area contributed by atoms with Gasteiger partial charge >= 0.3 is 0 Å². The number of carbonyl (C=O) groups excluding carboxylic acids is 4. The lowest BCUT2D eigenvalue weighted by atomic mass is 9.59. The zero-order valence-electron chi connectivity index (χ0n) is 20.4. The average Bonchev–Trinajstić information content (AvgIpc) is 3.49. The number of Topliss-reactive ketones (excluding diaryl/α,β-unsaturated/α-hetero) is 1. The molecule has 2 aromatic rings. The summed E-state index contributed by atoms with van der Waals surface area (Å²) in [6.07, 6.45) is 3.88. The maximum absolute atomic E-state index is 13.7. The third kappa shape index (κ3) is 3.46. The number of aromatic hydroxyl groups is 1. The standard InChI is InChI=1S/C29H25NO6S/c1-14-11-21(31)25-20(26(14)32)12-19-16(23(25)17-6-3-7-22(36-2)27(17)33)8-9-18-24(19)29(35)30(28(18)34)13-15-5-4-10-37-15/h3-8,10-11,18-19,23-24,33H,9,12-13H2,1-2H3/t18-,19+,23+,24-/m0/s1. The average molecular weight is 516 g/mol. The maximum atomic E-state index is 13.7. The number of imide groups is 1. The molecular formula is C29H25NO6S. The molecule has 37 heavy (non-hydrogen) atoms. The Balaban J connectivity index is 1.48. The van der Waals surface area contributed by atoms with Crippen molar-refractivity contribution in [3.8, 4) is 11.5 Å². The first-order chi connectivity index (χ1) is 17.8. The first-order valence-corrected chi connectivity index (χ1v) is 13.1. The lowest BCUT2D eigenvalue weighted by molar-refractivity contribution is -0.140. The third-order valence-corrected chi connectivity index (χ3v) is 8.97. The molecule has 1 saturated heterocycles. The topological polar surface area (TPSA) is 101 Å². The van der Waals surface area contributed by atoms with Crippen LogP contribution in [0.2, 0.25) is 0 Å². The Labute approximate surface area is 217 Å². The van der Waals surface area contributed by atoms with E-state index in [-0.39, 0.29) is 47.8 Å². The number of nitrogens with zero attached hydrogens (tertiary/aromatic N) is 1. The molecule has 0 unspecified atom stereocenters. The van der Waals surface area contributed by atoms with Crippen LogP contribution in [0.4, 0.5) is 0 Å². The number of ether oxygens (including phenoxy) is 1. The van der Waals surface area contributed by atoms with E-state index in [2.05, 4.69) is 0 Å². The number of para-hydroxylation sites is 1. The van der Waals surface area contributed by atoms with Crippen LogP contribution < -0.4 is 4.74 Å². The van der Waals surface area contributed by atoms with E-state index in [0.717, 1.165) is 10.5 Å². The normalized spacial score (nSPS) is 27.0. The minimum absolute atomic E-state index is 0.106. The molecule has 1 fully saturated rings. The summed E-state index contributed by atoms with van der Waals surface area (Å²) in [7, 11) is 1.45. The van der Waals surface area contributed by atoms with E-state index in [9.17, 15) is 24.3 Å². The van der Waals surface area contributed by atoms with E-state index < -0.39 is 23.7 Å². The molecule has 0 saturated carbocycles. The Kier molecular flexibility index (Phi) is 5.53. The van der Waals surface area contributed by atoms with Crippen molar-refractivity contribution in [1.29, 1.82) is 0 Å². The van der Waals surface area contributed by atoms with E-state index in [1.165, 1.54) is 29.4 Å². The Hall–Kier alpha value is -3.78. The molecule has 1 N–H and O–H groups in total. The molecule has 0 radical (unpaired) electrons. The number of fused-ring (bicyclic) bond motifs is 3. The smallest absolute Gasteiger partial charge is 0.234 e. The van der Waals surface area contributed by atoms with Crippen molar-refractivity contribution in [2.45, 2.75) is 32.2 Å². The molecule has 1 aliphatic heterocycles. The van der Waals surface area contributed by atoms with Gasteiger partial charge in [0.05, 0.1) is 25.5 Å². The van der Waals surface area contributed by atoms with Gasteiger partial charge in [-0.3, -0.25) is 24.1 Å². The SMILES string of the molecule is COc1cccc([C@H]2C3=CC[C@@H]4C(=O)N(Cc5cccs5)C(=O)[C@@H]4[C@@H]3CC3=C2C(=O)C=C(C)C3=O)c1O. The second-order valence-electron chi connectivity index (χ2n) is 9.97. The number of hydrogen-bond acceptors (Lipinski definition) is 7. The van der Waals surface area contributed by atoms with Gasteiger partial charge in [0.2, 0.25) is 11.8 Å². The molecular weight excluding hydrogens is 490 g/mol. The number of carbonyl (C=O) groups is 4. The number of amides is 2. The highest BCUT2D eigenvalue weighted by atomic mass is 32.1. The fourth-order valence-corrected chi connectivity index (χ4v) is 7.15. The largest absolute Gasteiger partial charge is 0.504 e. The fourth-order valence-electron chi connectivity index (χ4n) is 6.45. The van der Waals surface area contributed by atoms with Crippen molar-refractivity contribution in [3.05, 3.63) is 80.6 Å². The summed E-state index contributed by atoms with van der Waals surface area (Å²) in [6, 6.07) is 8.86. The zero-order chi connectivity index (χ0) is 26.0. The predicted octanol–water partition coefficient (Wildman–Crippen LogP) is 4.09. The molecule has 4 atom stereocenters. The molecule has 0 spiro atoms. The molecule has 6 rings (SSSR count). The Morgan fingerprint density at radius 3 is 2.62 bits per heavy atom. The number of benzene rings is 1. The number of thiophene rings is 1. The number of allylic oxidation sites excluding steroid dienone is 6. The maximum Gasteiger partial charge on any atom is 0.234 e. The van der Waals surface area contributed by atoms with E-state index in [4.69, 9.17) is 4.74 Å². The van der Waals surface area contributed by atoms with Crippen LogP contribution in [0.5, 0.6) is 11.5 Å². The highest BCUT2D eigenvalue weighted by Crippen LogP contribution is 2.56. The lowest BCUT2D eigenvalue weighted by Crippen LogP contribution is -2.39. The number of rotatable bonds is 4. The molecule has 2 heterocycles. The highest BCUT2D eigenvalue weighted by molar-refractivity contribution is 7.09. The number of phenols is 1. The van der Waals surface area contributed by atoms with Crippen molar-refractivity contribution in [3.63, 3.8) is 0 Å². The molecule has 188 valence electrons. The van der Waals surface area contributed by atoms with Crippen molar-refractivity contribution in [1.82, 2.24) is 4.90 Å². The van der Waals surface area contributed by atoms with E-state index in [1.807, 2.05) is 23.6 Å². The van der Waals surface area contributed by atoms with Gasteiger partial charge in [0.25, 0.3) is 0 Å². The van der Waals surface area contributed by atoms with Crippen molar-refractivity contribution in [2.24, 2.45) is 17.8 Å². The first kappa shape index (κ1) is 23.6. The predicted molar refractivity (Wildman–Crippen MR) is 136 cm³/mol. The second kappa shape index (κ2) is 8.66. The van der Waals surface area contributed by atoms with Gasteiger partial charge in [-0.15, -0.1) is 11.3 Å². The van der Waals surface area contributed by atoms with Gasteiger partial charge in [0.1, 0.15) is 0 Å². The van der Waals surface area contributed by atoms with E-state index >= 15 is 0 Å². The minimum atomic E-state index is -0.708. The fraction of sp³-hybridized carbons (Fsp3) is 0.310. The van der Waals surface area contributed by atoms with Crippen LogP contribution in [-0.2, 0) is 25.7 Å². The summed E-state index contributed by atoms with van der Waals surface area (Å²) in [4.78, 5) is 56.1. The minimum Gasteiger partial charge on any atom is -0.504 e. The molecule has 4 aliphatic rings. The summed E-state index contributed by atoms with van der Waals surface area (Å²) in [6.45, 7) is 1.85. The van der Waals surface area contributed by atoms with Gasteiger partial charge < -0.3 is 9.84 Å². The van der Waals surface area contributed by atoms with Crippen LogP contribution in [0.15, 0.2) is 70.2 Å².